The van der Waals surface area contributed by atoms with Crippen LogP contribution in [0.4, 0.5) is 0 Å². The summed E-state index contributed by atoms with van der Waals surface area (Å²) in [7, 11) is 1.35. The number of ether oxygens (including phenoxy) is 1. The Balaban J connectivity index is 1.24. The summed E-state index contributed by atoms with van der Waals surface area (Å²) in [6.45, 7) is 5.03. The van der Waals surface area contributed by atoms with Gasteiger partial charge in [0.15, 0.2) is 6.61 Å². The third kappa shape index (κ3) is 3.79. The molecule has 0 spiro atoms. The number of hydrogen-bond donors (Lipinski definition) is 1. The number of likely N-dealkylation sites (tertiary alicyclic amines) is 1. The summed E-state index contributed by atoms with van der Waals surface area (Å²) >= 11 is 0. The van der Waals surface area contributed by atoms with E-state index in [1.165, 1.54) is 12.7 Å². The van der Waals surface area contributed by atoms with E-state index >= 15 is 0 Å². The molecule has 1 saturated heterocycles. The van der Waals surface area contributed by atoms with Gasteiger partial charge in [0.2, 0.25) is 0 Å². The lowest BCUT2D eigenvalue weighted by Gasteiger charge is -2.58. The molecule has 196 valence electrons. The van der Waals surface area contributed by atoms with Gasteiger partial charge < -0.3 is 19.6 Å². The molecule has 4 fully saturated rings. The first-order chi connectivity index (χ1) is 17.2. The number of amides is 1. The molecule has 4 aliphatic carbocycles. The first-order valence-corrected chi connectivity index (χ1v) is 13.6. The predicted octanol–water partition coefficient (Wildman–Crippen LogP) is 3.85. The van der Waals surface area contributed by atoms with E-state index in [0.717, 1.165) is 63.5 Å². The van der Waals surface area contributed by atoms with Crippen LogP contribution in [-0.2, 0) is 19.2 Å². The van der Waals surface area contributed by atoms with Crippen molar-refractivity contribution in [2.24, 2.45) is 33.7 Å². The third-order valence-corrected chi connectivity index (χ3v) is 10.8. The van der Waals surface area contributed by atoms with Gasteiger partial charge in [0.25, 0.3) is 5.91 Å². The second kappa shape index (κ2) is 9.20. The SMILES string of the molecule is C#C[C@@]1(O)CC[C@@H]2[C@@H]3CCC4=C/C(=N\OCC(=O)N5CCC[C@H]5C(=O)OC)CC[C@]4(C)[C@H]3CC[C@@]21C. The molecule has 1 aliphatic heterocycles. The van der Waals surface area contributed by atoms with Gasteiger partial charge >= 0.3 is 5.97 Å². The van der Waals surface area contributed by atoms with Crippen LogP contribution in [0.3, 0.4) is 0 Å². The Bertz CT molecular complexity index is 1030. The van der Waals surface area contributed by atoms with Crippen molar-refractivity contribution in [3.63, 3.8) is 0 Å². The Morgan fingerprint density at radius 2 is 1.94 bits per heavy atom. The predicted molar refractivity (Wildman–Crippen MR) is 136 cm³/mol. The summed E-state index contributed by atoms with van der Waals surface area (Å²) in [6.07, 6.45) is 17.3. The Morgan fingerprint density at radius 3 is 2.69 bits per heavy atom. The molecule has 3 saturated carbocycles. The van der Waals surface area contributed by atoms with Gasteiger partial charge in [-0.25, -0.2) is 4.79 Å². The van der Waals surface area contributed by atoms with Crippen LogP contribution in [0.1, 0.15) is 78.1 Å². The molecule has 36 heavy (non-hydrogen) atoms. The minimum atomic E-state index is -0.966. The van der Waals surface area contributed by atoms with Crippen molar-refractivity contribution >= 4 is 17.6 Å². The van der Waals surface area contributed by atoms with Gasteiger partial charge in [-0.2, -0.15) is 0 Å². The van der Waals surface area contributed by atoms with Crippen LogP contribution >= 0.6 is 0 Å². The van der Waals surface area contributed by atoms with E-state index in [4.69, 9.17) is 16.0 Å². The lowest BCUT2D eigenvalue weighted by molar-refractivity contribution is -0.152. The molecule has 0 aromatic carbocycles. The number of allylic oxidation sites excluding steroid dienone is 2. The molecule has 0 radical (unpaired) electrons. The molecule has 7 heteroatoms. The average Bonchev–Trinajstić information content (AvgIpc) is 3.47. The molecule has 0 aromatic rings. The molecule has 1 N–H and O–H groups in total. The van der Waals surface area contributed by atoms with E-state index in [0.29, 0.717) is 30.7 Å². The average molecular weight is 497 g/mol. The summed E-state index contributed by atoms with van der Waals surface area (Å²) in [6, 6.07) is -0.514. The van der Waals surface area contributed by atoms with Crippen molar-refractivity contribution in [3.8, 4) is 12.3 Å². The highest BCUT2D eigenvalue weighted by atomic mass is 16.6. The van der Waals surface area contributed by atoms with Crippen molar-refractivity contribution in [2.45, 2.75) is 89.7 Å². The van der Waals surface area contributed by atoms with Crippen LogP contribution in [0.25, 0.3) is 0 Å². The Labute approximate surface area is 214 Å². The van der Waals surface area contributed by atoms with Gasteiger partial charge in [0, 0.05) is 12.0 Å². The molecule has 5 aliphatic rings. The topological polar surface area (TPSA) is 88.4 Å². The van der Waals surface area contributed by atoms with Crippen LogP contribution in [0.15, 0.2) is 16.8 Å². The zero-order chi connectivity index (χ0) is 25.7. The number of aliphatic hydroxyl groups is 1. The fraction of sp³-hybridized carbons (Fsp3) is 0.759. The Kier molecular flexibility index (Phi) is 6.47. The van der Waals surface area contributed by atoms with Crippen LogP contribution < -0.4 is 0 Å². The van der Waals surface area contributed by atoms with Gasteiger partial charge in [-0.15, -0.1) is 6.42 Å². The van der Waals surface area contributed by atoms with E-state index in [1.54, 1.807) is 4.90 Å². The van der Waals surface area contributed by atoms with E-state index in [9.17, 15) is 14.7 Å². The van der Waals surface area contributed by atoms with Crippen molar-refractivity contribution < 1.29 is 24.3 Å². The molecule has 1 heterocycles. The fourth-order valence-corrected chi connectivity index (χ4v) is 8.60. The summed E-state index contributed by atoms with van der Waals surface area (Å²) in [4.78, 5) is 31.6. The maximum Gasteiger partial charge on any atom is 0.328 e. The first kappa shape index (κ1) is 25.3. The number of hydrogen-bond acceptors (Lipinski definition) is 6. The standard InChI is InChI=1S/C29H40N2O5/c1-5-29(34)15-12-23-21-9-8-19-17-20(10-13-27(19,2)22(21)11-14-28(23,29)3)30-36-18-25(32)31-16-6-7-24(31)26(33)35-4/h1,17,21-24,34H,6-16,18H2,2-4H3/b30-20-/t21-,22+,23-,24+,27+,28+,29-/m1/s1. The van der Waals surface area contributed by atoms with Crippen LogP contribution in [0.2, 0.25) is 0 Å². The largest absolute Gasteiger partial charge is 0.467 e. The number of carbonyl (C=O) groups excluding carboxylic acids is 2. The minimum Gasteiger partial charge on any atom is -0.467 e. The van der Waals surface area contributed by atoms with Gasteiger partial charge in [-0.1, -0.05) is 30.5 Å². The number of oxime groups is 1. The number of carbonyl (C=O) groups is 2. The van der Waals surface area contributed by atoms with E-state index in [2.05, 4.69) is 31.0 Å². The molecule has 1 amide bonds. The van der Waals surface area contributed by atoms with Crippen molar-refractivity contribution in [3.05, 3.63) is 11.6 Å². The van der Waals surface area contributed by atoms with E-state index in [1.807, 2.05) is 0 Å². The van der Waals surface area contributed by atoms with Crippen molar-refractivity contribution in [2.75, 3.05) is 20.3 Å². The van der Waals surface area contributed by atoms with Gasteiger partial charge in [-0.3, -0.25) is 4.79 Å². The zero-order valence-electron chi connectivity index (χ0n) is 21.9. The van der Waals surface area contributed by atoms with Gasteiger partial charge in [0.05, 0.1) is 12.8 Å². The van der Waals surface area contributed by atoms with Crippen LogP contribution in [0.5, 0.6) is 0 Å². The van der Waals surface area contributed by atoms with Crippen molar-refractivity contribution in [1.82, 2.24) is 4.90 Å². The van der Waals surface area contributed by atoms with E-state index in [-0.39, 0.29) is 29.3 Å². The fourth-order valence-electron chi connectivity index (χ4n) is 8.60. The molecular weight excluding hydrogens is 456 g/mol. The number of fused-ring (bicyclic) bond motifs is 5. The summed E-state index contributed by atoms with van der Waals surface area (Å²) in [5.41, 5.74) is 1.33. The normalized spacial score (nSPS) is 42.6. The highest BCUT2D eigenvalue weighted by Crippen LogP contribution is 2.67. The molecular formula is C29H40N2O5. The molecule has 0 aromatic heterocycles. The van der Waals surface area contributed by atoms with Gasteiger partial charge in [0.1, 0.15) is 11.6 Å². The maximum absolute atomic E-state index is 12.6. The van der Waals surface area contributed by atoms with Crippen LogP contribution in [0, 0.1) is 40.9 Å². The quantitative estimate of drug-likeness (QED) is 0.363. The number of rotatable bonds is 4. The summed E-state index contributed by atoms with van der Waals surface area (Å²) in [5.74, 6) is 3.86. The van der Waals surface area contributed by atoms with Gasteiger partial charge in [-0.05, 0) is 93.5 Å². The molecule has 5 rings (SSSR count). The zero-order valence-corrected chi connectivity index (χ0v) is 21.9. The number of methoxy groups -OCH3 is 1. The van der Waals surface area contributed by atoms with E-state index < -0.39 is 11.6 Å². The monoisotopic (exact) mass is 496 g/mol. The van der Waals surface area contributed by atoms with Crippen molar-refractivity contribution in [1.29, 1.82) is 0 Å². The number of nitrogens with zero attached hydrogens (tertiary/aromatic N) is 2. The maximum atomic E-state index is 12.6. The second-order valence-electron chi connectivity index (χ2n) is 12.1. The lowest BCUT2D eigenvalue weighted by Crippen LogP contribution is -2.54. The minimum absolute atomic E-state index is 0.138. The highest BCUT2D eigenvalue weighted by Gasteiger charge is 2.63. The smallest absolute Gasteiger partial charge is 0.328 e. The molecule has 7 atom stereocenters. The highest BCUT2D eigenvalue weighted by molar-refractivity contribution is 5.96. The lowest BCUT2D eigenvalue weighted by atomic mass is 9.46. The Hall–Kier alpha value is -2.33. The molecule has 7 nitrogen and oxygen atoms in total. The molecule has 0 unspecified atom stereocenters. The third-order valence-electron chi connectivity index (χ3n) is 10.8. The second-order valence-corrected chi connectivity index (χ2v) is 12.1. The number of esters is 1. The first-order valence-electron chi connectivity index (χ1n) is 13.6. The Morgan fingerprint density at radius 1 is 1.17 bits per heavy atom. The summed E-state index contributed by atoms with van der Waals surface area (Å²) < 4.78 is 4.83. The number of terminal acetylenes is 1. The molecule has 0 bridgehead atoms. The van der Waals surface area contributed by atoms with Crippen LogP contribution in [-0.4, -0.2) is 59.5 Å². The summed E-state index contributed by atoms with van der Waals surface area (Å²) in [5, 5.41) is 15.5.